The number of carboxylic acid groups (broad SMARTS) is 1. The third-order valence-electron chi connectivity index (χ3n) is 2.23. The summed E-state index contributed by atoms with van der Waals surface area (Å²) in [6.07, 6.45) is 0. The van der Waals surface area contributed by atoms with Crippen molar-refractivity contribution in [3.8, 4) is 11.5 Å². The van der Waals surface area contributed by atoms with E-state index in [4.69, 9.17) is 14.6 Å². The first-order chi connectivity index (χ1) is 8.09. The lowest BCUT2D eigenvalue weighted by Crippen LogP contribution is -2.20. The summed E-state index contributed by atoms with van der Waals surface area (Å²) in [6.45, 7) is 1.97. The van der Waals surface area contributed by atoms with Crippen molar-refractivity contribution in [3.05, 3.63) is 17.7 Å². The van der Waals surface area contributed by atoms with E-state index in [1.54, 1.807) is 0 Å². The summed E-state index contributed by atoms with van der Waals surface area (Å²) in [5.41, 5.74) is 0.436. The Kier molecular flexibility index (Phi) is 2.86. The average molecular weight is 237 g/mol. The molecular formula is C11H11NO5. The number of fused-ring (bicyclic) bond motifs is 1. The molecule has 90 valence electrons. The number of benzene rings is 1. The molecule has 0 spiro atoms. The SMILES string of the molecule is CC(=O)Nc1ccc(C(=O)O)c2c1OCCO2. The lowest BCUT2D eigenvalue weighted by molar-refractivity contribution is -0.114. The van der Waals surface area contributed by atoms with Crippen molar-refractivity contribution in [2.24, 2.45) is 0 Å². The second-order valence-corrected chi connectivity index (χ2v) is 3.50. The maximum Gasteiger partial charge on any atom is 0.339 e. The van der Waals surface area contributed by atoms with E-state index in [0.717, 1.165) is 0 Å². The van der Waals surface area contributed by atoms with Gasteiger partial charge in [0.05, 0.1) is 5.69 Å². The third-order valence-corrected chi connectivity index (χ3v) is 2.23. The second-order valence-electron chi connectivity index (χ2n) is 3.50. The van der Waals surface area contributed by atoms with Crippen molar-refractivity contribution in [2.45, 2.75) is 6.92 Å². The summed E-state index contributed by atoms with van der Waals surface area (Å²) in [5.74, 6) is -0.924. The number of hydrogen-bond donors (Lipinski definition) is 2. The molecule has 0 saturated carbocycles. The number of amides is 1. The number of carboxylic acids is 1. The summed E-state index contributed by atoms with van der Waals surface area (Å²) in [7, 11) is 0. The van der Waals surface area contributed by atoms with E-state index in [9.17, 15) is 9.59 Å². The molecule has 2 rings (SSSR count). The smallest absolute Gasteiger partial charge is 0.339 e. The standard InChI is InChI=1S/C11H11NO5/c1-6(13)12-8-3-2-7(11(14)15)9-10(8)17-5-4-16-9/h2-3H,4-5H2,1H3,(H,12,13)(H,14,15). The monoisotopic (exact) mass is 237 g/mol. The predicted molar refractivity (Wildman–Crippen MR) is 58.7 cm³/mol. The maximum atomic E-state index is 11.0. The van der Waals surface area contributed by atoms with Gasteiger partial charge in [-0.1, -0.05) is 0 Å². The van der Waals surface area contributed by atoms with Crippen molar-refractivity contribution < 1.29 is 24.2 Å². The van der Waals surface area contributed by atoms with E-state index in [1.165, 1.54) is 19.1 Å². The van der Waals surface area contributed by atoms with Crippen LogP contribution in [0.25, 0.3) is 0 Å². The Morgan fingerprint density at radius 2 is 1.88 bits per heavy atom. The highest BCUT2D eigenvalue weighted by molar-refractivity contribution is 5.96. The van der Waals surface area contributed by atoms with Crippen LogP contribution in [0, 0.1) is 0 Å². The Labute approximate surface area is 97.1 Å². The van der Waals surface area contributed by atoms with Gasteiger partial charge in [0.25, 0.3) is 0 Å². The number of carbonyl (C=O) groups is 2. The molecule has 2 N–H and O–H groups in total. The van der Waals surface area contributed by atoms with E-state index >= 15 is 0 Å². The van der Waals surface area contributed by atoms with Gasteiger partial charge in [0.1, 0.15) is 18.8 Å². The fourth-order valence-electron chi connectivity index (χ4n) is 1.59. The summed E-state index contributed by atoms with van der Waals surface area (Å²) in [4.78, 5) is 22.0. The average Bonchev–Trinajstić information content (AvgIpc) is 2.28. The van der Waals surface area contributed by atoms with Crippen LogP contribution in [0.1, 0.15) is 17.3 Å². The lowest BCUT2D eigenvalue weighted by Gasteiger charge is -2.22. The molecule has 1 heterocycles. The summed E-state index contributed by atoms with van der Waals surface area (Å²) in [6, 6.07) is 2.86. The minimum Gasteiger partial charge on any atom is -0.485 e. The molecule has 0 bridgehead atoms. The zero-order valence-electron chi connectivity index (χ0n) is 9.15. The quantitative estimate of drug-likeness (QED) is 0.804. The van der Waals surface area contributed by atoms with Crippen LogP contribution < -0.4 is 14.8 Å². The van der Waals surface area contributed by atoms with Crippen molar-refractivity contribution in [1.29, 1.82) is 0 Å². The van der Waals surface area contributed by atoms with Crippen LogP contribution in [-0.2, 0) is 4.79 Å². The molecular weight excluding hydrogens is 226 g/mol. The molecule has 1 aliphatic rings. The molecule has 6 heteroatoms. The number of rotatable bonds is 2. The number of aromatic carboxylic acids is 1. The first kappa shape index (κ1) is 11.3. The molecule has 0 atom stereocenters. The minimum absolute atomic E-state index is 0.0220. The maximum absolute atomic E-state index is 11.0. The molecule has 1 aromatic carbocycles. The van der Waals surface area contributed by atoms with Crippen molar-refractivity contribution >= 4 is 17.6 Å². The van der Waals surface area contributed by atoms with Gasteiger partial charge in [-0.25, -0.2) is 4.79 Å². The van der Waals surface area contributed by atoms with E-state index in [1.807, 2.05) is 0 Å². The molecule has 0 radical (unpaired) electrons. The molecule has 0 fully saturated rings. The summed E-state index contributed by atoms with van der Waals surface area (Å²) < 4.78 is 10.6. The predicted octanol–water partition coefficient (Wildman–Crippen LogP) is 1.11. The first-order valence-electron chi connectivity index (χ1n) is 5.03. The highest BCUT2D eigenvalue weighted by Gasteiger charge is 2.23. The Balaban J connectivity index is 2.50. The van der Waals surface area contributed by atoms with E-state index in [-0.39, 0.29) is 29.6 Å². The van der Waals surface area contributed by atoms with Gasteiger partial charge in [-0.05, 0) is 12.1 Å². The van der Waals surface area contributed by atoms with Crippen LogP contribution in [0.15, 0.2) is 12.1 Å². The third kappa shape index (κ3) is 2.15. The molecule has 1 aromatic rings. The van der Waals surface area contributed by atoms with E-state index in [2.05, 4.69) is 5.32 Å². The lowest BCUT2D eigenvalue weighted by atomic mass is 10.1. The van der Waals surface area contributed by atoms with Gasteiger partial charge in [0.15, 0.2) is 11.5 Å². The van der Waals surface area contributed by atoms with Crippen LogP contribution in [0.4, 0.5) is 5.69 Å². The van der Waals surface area contributed by atoms with Crippen LogP contribution in [-0.4, -0.2) is 30.2 Å². The van der Waals surface area contributed by atoms with Crippen molar-refractivity contribution in [3.63, 3.8) is 0 Å². The molecule has 0 unspecified atom stereocenters. The van der Waals surface area contributed by atoms with Crippen LogP contribution >= 0.6 is 0 Å². The summed E-state index contributed by atoms with van der Waals surface area (Å²) >= 11 is 0. The number of hydrogen-bond acceptors (Lipinski definition) is 4. The topological polar surface area (TPSA) is 84.9 Å². The van der Waals surface area contributed by atoms with Crippen LogP contribution in [0.3, 0.4) is 0 Å². The second kappa shape index (κ2) is 4.32. The molecule has 0 aliphatic carbocycles. The van der Waals surface area contributed by atoms with Gasteiger partial charge in [0, 0.05) is 6.92 Å². The van der Waals surface area contributed by atoms with Gasteiger partial charge in [-0.2, -0.15) is 0 Å². The molecule has 1 amide bonds. The van der Waals surface area contributed by atoms with Gasteiger partial charge >= 0.3 is 5.97 Å². The first-order valence-corrected chi connectivity index (χ1v) is 5.03. The Morgan fingerprint density at radius 3 is 2.47 bits per heavy atom. The molecule has 17 heavy (non-hydrogen) atoms. The fraction of sp³-hybridized carbons (Fsp3) is 0.273. The molecule has 0 aromatic heterocycles. The largest absolute Gasteiger partial charge is 0.485 e. The van der Waals surface area contributed by atoms with Gasteiger partial charge in [-0.15, -0.1) is 0 Å². The van der Waals surface area contributed by atoms with Crippen LogP contribution in [0.2, 0.25) is 0 Å². The van der Waals surface area contributed by atoms with E-state index in [0.29, 0.717) is 12.3 Å². The van der Waals surface area contributed by atoms with E-state index < -0.39 is 5.97 Å². The van der Waals surface area contributed by atoms with Crippen molar-refractivity contribution in [2.75, 3.05) is 18.5 Å². The molecule has 6 nitrogen and oxygen atoms in total. The zero-order chi connectivity index (χ0) is 12.4. The van der Waals surface area contributed by atoms with Crippen molar-refractivity contribution in [1.82, 2.24) is 0 Å². The number of nitrogens with one attached hydrogen (secondary N) is 1. The fourth-order valence-corrected chi connectivity index (χ4v) is 1.59. The van der Waals surface area contributed by atoms with Gasteiger partial charge in [0.2, 0.25) is 5.91 Å². The van der Waals surface area contributed by atoms with Gasteiger partial charge < -0.3 is 19.9 Å². The Bertz CT molecular complexity index is 483. The number of anilines is 1. The summed E-state index contributed by atoms with van der Waals surface area (Å²) in [5, 5.41) is 11.6. The molecule has 0 saturated heterocycles. The highest BCUT2D eigenvalue weighted by Crippen LogP contribution is 2.40. The van der Waals surface area contributed by atoms with Crippen LogP contribution in [0.5, 0.6) is 11.5 Å². The highest BCUT2D eigenvalue weighted by atomic mass is 16.6. The Morgan fingerprint density at radius 1 is 1.24 bits per heavy atom. The molecule has 1 aliphatic heterocycles. The number of ether oxygens (including phenoxy) is 2. The normalized spacial score (nSPS) is 13.0. The zero-order valence-corrected chi connectivity index (χ0v) is 9.15. The Hall–Kier alpha value is -2.24. The van der Waals surface area contributed by atoms with Gasteiger partial charge in [-0.3, -0.25) is 4.79 Å². The number of carbonyl (C=O) groups excluding carboxylic acids is 1. The minimum atomic E-state index is -1.10.